The van der Waals surface area contributed by atoms with Crippen LogP contribution in [0.1, 0.15) is 24.2 Å². The number of rotatable bonds is 4. The molecule has 1 aromatic carbocycles. The van der Waals surface area contributed by atoms with Crippen LogP contribution in [-0.2, 0) is 14.3 Å². The molecule has 1 aliphatic carbocycles. The number of hydrogen-bond acceptors (Lipinski definition) is 4. The van der Waals surface area contributed by atoms with Crippen molar-refractivity contribution < 1.29 is 24.2 Å². The van der Waals surface area contributed by atoms with E-state index in [1.165, 1.54) is 0 Å². The zero-order valence-corrected chi connectivity index (χ0v) is 14.3. The third-order valence-corrected chi connectivity index (χ3v) is 5.05. The van der Waals surface area contributed by atoms with Gasteiger partial charge in [-0.05, 0) is 23.6 Å². The number of carbonyl (C=O) groups excluding carboxylic acids is 2. The lowest BCUT2D eigenvalue weighted by Crippen LogP contribution is -2.40. The highest BCUT2D eigenvalue weighted by atomic mass is 16.5. The summed E-state index contributed by atoms with van der Waals surface area (Å²) in [5.74, 6) is -2.63. The molecule has 2 atom stereocenters. The Morgan fingerprint density at radius 3 is 2.48 bits per heavy atom. The molecule has 2 N–H and O–H groups in total. The van der Waals surface area contributed by atoms with Crippen molar-refractivity contribution in [2.45, 2.75) is 13.8 Å². The van der Waals surface area contributed by atoms with Crippen LogP contribution in [0.15, 0.2) is 24.3 Å². The minimum atomic E-state index is -0.957. The summed E-state index contributed by atoms with van der Waals surface area (Å²) in [7, 11) is 0. The number of ether oxygens (including phenoxy) is 1. The summed E-state index contributed by atoms with van der Waals surface area (Å²) in [6.45, 7) is 5.69. The van der Waals surface area contributed by atoms with Crippen LogP contribution in [0.4, 0.5) is 5.69 Å². The van der Waals surface area contributed by atoms with Crippen molar-refractivity contribution in [2.24, 2.45) is 17.3 Å². The van der Waals surface area contributed by atoms with E-state index < -0.39 is 23.2 Å². The van der Waals surface area contributed by atoms with E-state index >= 15 is 0 Å². The summed E-state index contributed by atoms with van der Waals surface area (Å²) in [5, 5.41) is 11.9. The first kappa shape index (κ1) is 17.4. The van der Waals surface area contributed by atoms with E-state index in [0.29, 0.717) is 37.6 Å². The lowest BCUT2D eigenvalue weighted by Gasteiger charge is -2.27. The first-order valence-corrected chi connectivity index (χ1v) is 8.33. The molecule has 2 aliphatic rings. The Hall–Kier alpha value is -2.41. The Bertz CT molecular complexity index is 709. The standard InChI is InChI=1S/C18H22N2O5/c1-18(2)13(14(18)17(23)24)15(21)19-12-5-3-4-11(10-12)16(22)20-6-8-25-9-7-20/h3-5,10,13-14H,6-9H2,1-2H3,(H,19,21)(H,23,24)/t13-,14+/m1/s1. The van der Waals surface area contributed by atoms with Crippen molar-refractivity contribution in [3.8, 4) is 0 Å². The Morgan fingerprint density at radius 2 is 1.88 bits per heavy atom. The molecule has 1 aromatic rings. The van der Waals surface area contributed by atoms with Gasteiger partial charge in [0.15, 0.2) is 0 Å². The highest BCUT2D eigenvalue weighted by Gasteiger charge is 2.65. The van der Waals surface area contributed by atoms with Crippen LogP contribution in [0.3, 0.4) is 0 Å². The number of morpholine rings is 1. The van der Waals surface area contributed by atoms with Gasteiger partial charge in [0.25, 0.3) is 5.91 Å². The molecule has 25 heavy (non-hydrogen) atoms. The van der Waals surface area contributed by atoms with Crippen LogP contribution >= 0.6 is 0 Å². The lowest BCUT2D eigenvalue weighted by molar-refractivity contribution is -0.140. The number of carboxylic acids is 1. The normalized spacial score (nSPS) is 24.5. The number of nitrogens with one attached hydrogen (secondary N) is 1. The molecule has 0 spiro atoms. The first-order chi connectivity index (χ1) is 11.8. The summed E-state index contributed by atoms with van der Waals surface area (Å²) < 4.78 is 5.25. The molecule has 0 aromatic heterocycles. The molecule has 0 unspecified atom stereocenters. The van der Waals surface area contributed by atoms with Crippen LogP contribution in [0.5, 0.6) is 0 Å². The van der Waals surface area contributed by atoms with Crippen molar-refractivity contribution in [2.75, 3.05) is 31.6 Å². The predicted octanol–water partition coefficient (Wildman–Crippen LogP) is 1.45. The maximum absolute atomic E-state index is 12.5. The smallest absolute Gasteiger partial charge is 0.307 e. The molecule has 3 rings (SSSR count). The van der Waals surface area contributed by atoms with Crippen molar-refractivity contribution in [3.63, 3.8) is 0 Å². The van der Waals surface area contributed by atoms with Crippen molar-refractivity contribution in [1.29, 1.82) is 0 Å². The van der Waals surface area contributed by atoms with E-state index in [1.54, 1.807) is 43.0 Å². The number of carbonyl (C=O) groups is 3. The van der Waals surface area contributed by atoms with Gasteiger partial charge in [-0.1, -0.05) is 19.9 Å². The van der Waals surface area contributed by atoms with Crippen molar-refractivity contribution in [3.05, 3.63) is 29.8 Å². The van der Waals surface area contributed by atoms with Gasteiger partial charge >= 0.3 is 5.97 Å². The molecular weight excluding hydrogens is 324 g/mol. The molecule has 7 nitrogen and oxygen atoms in total. The Labute approximate surface area is 146 Å². The Morgan fingerprint density at radius 1 is 1.20 bits per heavy atom. The molecule has 134 valence electrons. The number of amides is 2. The number of benzene rings is 1. The lowest BCUT2D eigenvalue weighted by atomic mass is 10.1. The second-order valence-corrected chi connectivity index (χ2v) is 7.09. The fourth-order valence-electron chi connectivity index (χ4n) is 3.49. The molecule has 0 bridgehead atoms. The second kappa shape index (κ2) is 6.48. The van der Waals surface area contributed by atoms with E-state index in [0.717, 1.165) is 0 Å². The quantitative estimate of drug-likeness (QED) is 0.860. The van der Waals surface area contributed by atoms with E-state index in [2.05, 4.69) is 5.32 Å². The number of anilines is 1. The first-order valence-electron chi connectivity index (χ1n) is 8.33. The SMILES string of the molecule is CC1(C)[C@H](C(=O)O)[C@@H]1C(=O)Nc1cccc(C(=O)N2CCOCC2)c1. The van der Waals surface area contributed by atoms with Gasteiger partial charge in [-0.3, -0.25) is 14.4 Å². The van der Waals surface area contributed by atoms with Crippen LogP contribution in [0, 0.1) is 17.3 Å². The minimum Gasteiger partial charge on any atom is -0.481 e. The monoisotopic (exact) mass is 346 g/mol. The van der Waals surface area contributed by atoms with Crippen LogP contribution < -0.4 is 5.32 Å². The molecule has 7 heteroatoms. The molecule has 2 fully saturated rings. The number of hydrogen-bond donors (Lipinski definition) is 2. The van der Waals surface area contributed by atoms with Crippen LogP contribution in [0.25, 0.3) is 0 Å². The third-order valence-electron chi connectivity index (χ3n) is 5.05. The van der Waals surface area contributed by atoms with Crippen LogP contribution in [0.2, 0.25) is 0 Å². The third kappa shape index (κ3) is 3.37. The summed E-state index contributed by atoms with van der Waals surface area (Å²) >= 11 is 0. The van der Waals surface area contributed by atoms with E-state index in [-0.39, 0.29) is 11.8 Å². The average Bonchev–Trinajstić information content (AvgIpc) is 3.18. The summed E-state index contributed by atoms with van der Waals surface area (Å²) in [6.07, 6.45) is 0. The topological polar surface area (TPSA) is 95.9 Å². The molecule has 0 radical (unpaired) electrons. The van der Waals surface area contributed by atoms with Gasteiger partial charge in [0.1, 0.15) is 0 Å². The second-order valence-electron chi connectivity index (χ2n) is 7.09. The minimum absolute atomic E-state index is 0.102. The van der Waals surface area contributed by atoms with Gasteiger partial charge in [0.05, 0.1) is 25.0 Å². The highest BCUT2D eigenvalue weighted by molar-refractivity contribution is 6.01. The zero-order valence-electron chi connectivity index (χ0n) is 14.3. The Kier molecular flexibility index (Phi) is 4.51. The summed E-state index contributed by atoms with van der Waals surface area (Å²) in [4.78, 5) is 37.8. The average molecular weight is 346 g/mol. The largest absolute Gasteiger partial charge is 0.481 e. The maximum Gasteiger partial charge on any atom is 0.307 e. The van der Waals surface area contributed by atoms with E-state index in [1.807, 2.05) is 0 Å². The summed E-state index contributed by atoms with van der Waals surface area (Å²) in [6, 6.07) is 6.73. The molecule has 1 heterocycles. The zero-order chi connectivity index (χ0) is 18.2. The summed E-state index contributed by atoms with van der Waals surface area (Å²) in [5.41, 5.74) is 0.428. The molecule has 1 saturated heterocycles. The molecule has 1 aliphatic heterocycles. The van der Waals surface area contributed by atoms with Gasteiger partial charge in [0.2, 0.25) is 5.91 Å². The van der Waals surface area contributed by atoms with Gasteiger partial charge in [-0.2, -0.15) is 0 Å². The van der Waals surface area contributed by atoms with Gasteiger partial charge in [-0.25, -0.2) is 0 Å². The van der Waals surface area contributed by atoms with Gasteiger partial charge in [-0.15, -0.1) is 0 Å². The highest BCUT2D eigenvalue weighted by Crippen LogP contribution is 2.58. The van der Waals surface area contributed by atoms with Gasteiger partial charge in [0, 0.05) is 24.3 Å². The predicted molar refractivity (Wildman–Crippen MR) is 90.2 cm³/mol. The number of nitrogens with zero attached hydrogens (tertiary/aromatic N) is 1. The van der Waals surface area contributed by atoms with E-state index in [4.69, 9.17) is 4.74 Å². The van der Waals surface area contributed by atoms with E-state index in [9.17, 15) is 19.5 Å². The number of aliphatic carboxylic acids is 1. The Balaban J connectivity index is 1.69. The fourth-order valence-corrected chi connectivity index (χ4v) is 3.49. The maximum atomic E-state index is 12.5. The molecule has 2 amide bonds. The molecule has 1 saturated carbocycles. The van der Waals surface area contributed by atoms with Crippen molar-refractivity contribution in [1.82, 2.24) is 4.90 Å². The fraction of sp³-hybridized carbons (Fsp3) is 0.500. The molecular formula is C18H22N2O5. The van der Waals surface area contributed by atoms with Crippen LogP contribution in [-0.4, -0.2) is 54.1 Å². The van der Waals surface area contributed by atoms with Crippen molar-refractivity contribution >= 4 is 23.5 Å². The van der Waals surface area contributed by atoms with Gasteiger partial charge < -0.3 is 20.1 Å². The number of carboxylic acid groups (broad SMARTS) is 1.